The van der Waals surface area contributed by atoms with Crippen LogP contribution in [0.4, 0.5) is 0 Å². The van der Waals surface area contributed by atoms with Crippen LogP contribution in [0.15, 0.2) is 54.7 Å². The van der Waals surface area contributed by atoms with Gasteiger partial charge in [0.05, 0.1) is 36.4 Å². The number of ether oxygens (including phenoxy) is 1. The first-order chi connectivity index (χ1) is 15.1. The summed E-state index contributed by atoms with van der Waals surface area (Å²) in [6.07, 6.45) is 2.40. The maximum absolute atomic E-state index is 12.8. The quantitative estimate of drug-likeness (QED) is 0.638. The van der Waals surface area contributed by atoms with Crippen LogP contribution in [0.5, 0.6) is 0 Å². The van der Waals surface area contributed by atoms with Gasteiger partial charge < -0.3 is 10.1 Å². The minimum Gasteiger partial charge on any atom is -0.379 e. The summed E-state index contributed by atoms with van der Waals surface area (Å²) in [4.78, 5) is 15.2. The van der Waals surface area contributed by atoms with Crippen LogP contribution in [0.1, 0.15) is 39.7 Å². The van der Waals surface area contributed by atoms with E-state index in [1.165, 1.54) is 11.1 Å². The monoisotopic (exact) mass is 418 g/mol. The van der Waals surface area contributed by atoms with E-state index in [4.69, 9.17) is 4.74 Å². The molecule has 1 fully saturated rings. The summed E-state index contributed by atoms with van der Waals surface area (Å²) in [5, 5.41) is 7.52. The molecule has 6 heteroatoms. The normalized spacial score (nSPS) is 14.5. The number of nitrogens with zero attached hydrogens (tertiary/aromatic N) is 3. The largest absolute Gasteiger partial charge is 0.379 e. The van der Waals surface area contributed by atoms with E-state index in [1.807, 2.05) is 23.7 Å². The Morgan fingerprint density at radius 1 is 1.03 bits per heavy atom. The van der Waals surface area contributed by atoms with E-state index < -0.39 is 0 Å². The maximum atomic E-state index is 12.8. The van der Waals surface area contributed by atoms with Crippen molar-refractivity contribution in [1.29, 1.82) is 0 Å². The van der Waals surface area contributed by atoms with Crippen molar-refractivity contribution >= 4 is 5.91 Å². The average molecular weight is 419 g/mol. The van der Waals surface area contributed by atoms with Crippen molar-refractivity contribution in [2.24, 2.45) is 0 Å². The molecule has 1 aliphatic rings. The number of morpholine rings is 1. The maximum Gasteiger partial charge on any atom is 0.255 e. The number of rotatable bonds is 7. The standard InChI is InChI=1S/C25H30N4O2/c1-3-24-23(17-27-29(24)22-10-4-19(2)5-11-22)25(30)26-16-20-6-8-21(9-7-20)18-28-12-14-31-15-13-28/h4-11,17H,3,12-16,18H2,1-2H3,(H,26,30). The Morgan fingerprint density at radius 3 is 2.39 bits per heavy atom. The van der Waals surface area contributed by atoms with Crippen molar-refractivity contribution in [3.05, 3.63) is 82.7 Å². The van der Waals surface area contributed by atoms with Gasteiger partial charge in [0.2, 0.25) is 0 Å². The molecule has 3 aromatic rings. The minimum atomic E-state index is -0.0902. The van der Waals surface area contributed by atoms with Crippen molar-refractivity contribution in [2.75, 3.05) is 26.3 Å². The Morgan fingerprint density at radius 2 is 1.71 bits per heavy atom. The van der Waals surface area contributed by atoms with Crippen molar-refractivity contribution in [3.63, 3.8) is 0 Å². The Kier molecular flexibility index (Phi) is 6.79. The molecule has 1 aromatic heterocycles. The molecule has 1 N–H and O–H groups in total. The van der Waals surface area contributed by atoms with Crippen LogP contribution in [-0.2, 0) is 24.2 Å². The van der Waals surface area contributed by atoms with Crippen LogP contribution in [0.2, 0.25) is 0 Å². The highest BCUT2D eigenvalue weighted by molar-refractivity contribution is 5.95. The third-order valence-corrected chi connectivity index (χ3v) is 5.71. The molecule has 1 aliphatic heterocycles. The fourth-order valence-electron chi connectivity index (χ4n) is 3.87. The number of benzene rings is 2. The van der Waals surface area contributed by atoms with Crippen LogP contribution in [0.25, 0.3) is 5.69 Å². The van der Waals surface area contributed by atoms with E-state index >= 15 is 0 Å². The predicted octanol–water partition coefficient (Wildman–Crippen LogP) is 3.51. The Bertz CT molecular complexity index is 1000. The van der Waals surface area contributed by atoms with Crippen LogP contribution in [0, 0.1) is 6.92 Å². The van der Waals surface area contributed by atoms with Crippen molar-refractivity contribution in [3.8, 4) is 5.69 Å². The van der Waals surface area contributed by atoms with E-state index in [0.717, 1.165) is 56.2 Å². The third kappa shape index (κ3) is 5.21. The lowest BCUT2D eigenvalue weighted by Crippen LogP contribution is -2.35. The summed E-state index contributed by atoms with van der Waals surface area (Å²) in [5.74, 6) is -0.0902. The van der Waals surface area contributed by atoms with Gasteiger partial charge in [0, 0.05) is 26.2 Å². The molecule has 4 rings (SSSR count). The van der Waals surface area contributed by atoms with Gasteiger partial charge in [0.25, 0.3) is 5.91 Å². The lowest BCUT2D eigenvalue weighted by molar-refractivity contribution is 0.0342. The van der Waals surface area contributed by atoms with E-state index in [0.29, 0.717) is 12.1 Å². The molecule has 0 radical (unpaired) electrons. The zero-order valence-corrected chi connectivity index (χ0v) is 18.3. The molecule has 162 valence electrons. The number of carbonyl (C=O) groups excluding carboxylic acids is 1. The van der Waals surface area contributed by atoms with Gasteiger partial charge in [0.1, 0.15) is 0 Å². The summed E-state index contributed by atoms with van der Waals surface area (Å²) in [7, 11) is 0. The average Bonchev–Trinajstić information content (AvgIpc) is 3.24. The molecule has 0 saturated carbocycles. The molecule has 1 amide bonds. The van der Waals surface area contributed by atoms with Gasteiger partial charge in [0.15, 0.2) is 0 Å². The summed E-state index contributed by atoms with van der Waals surface area (Å²) in [6, 6.07) is 16.6. The second-order valence-corrected chi connectivity index (χ2v) is 7.99. The van der Waals surface area contributed by atoms with Crippen LogP contribution in [-0.4, -0.2) is 46.9 Å². The number of carbonyl (C=O) groups is 1. The van der Waals surface area contributed by atoms with E-state index in [2.05, 4.69) is 58.6 Å². The lowest BCUT2D eigenvalue weighted by Gasteiger charge is -2.26. The molecule has 0 bridgehead atoms. The van der Waals surface area contributed by atoms with Gasteiger partial charge in [-0.3, -0.25) is 9.69 Å². The second kappa shape index (κ2) is 9.90. The van der Waals surface area contributed by atoms with Crippen molar-refractivity contribution in [1.82, 2.24) is 20.0 Å². The van der Waals surface area contributed by atoms with Gasteiger partial charge >= 0.3 is 0 Å². The van der Waals surface area contributed by atoms with Crippen LogP contribution in [0.3, 0.4) is 0 Å². The molecule has 2 heterocycles. The van der Waals surface area contributed by atoms with Gasteiger partial charge in [-0.2, -0.15) is 5.10 Å². The summed E-state index contributed by atoms with van der Waals surface area (Å²) < 4.78 is 7.26. The Balaban J connectivity index is 1.38. The van der Waals surface area contributed by atoms with Gasteiger partial charge in [-0.05, 0) is 36.6 Å². The molecule has 31 heavy (non-hydrogen) atoms. The third-order valence-electron chi connectivity index (χ3n) is 5.71. The molecule has 1 saturated heterocycles. The number of aryl methyl sites for hydroxylation is 1. The Hall–Kier alpha value is -2.96. The van der Waals surface area contributed by atoms with E-state index in [9.17, 15) is 4.79 Å². The lowest BCUT2D eigenvalue weighted by atomic mass is 10.1. The number of amides is 1. The molecule has 0 aliphatic carbocycles. The number of nitrogens with one attached hydrogen (secondary N) is 1. The van der Waals surface area contributed by atoms with E-state index in [-0.39, 0.29) is 5.91 Å². The van der Waals surface area contributed by atoms with Gasteiger partial charge in [-0.1, -0.05) is 48.9 Å². The van der Waals surface area contributed by atoms with Crippen LogP contribution < -0.4 is 5.32 Å². The topological polar surface area (TPSA) is 59.4 Å². The zero-order valence-electron chi connectivity index (χ0n) is 18.3. The van der Waals surface area contributed by atoms with Crippen molar-refractivity contribution in [2.45, 2.75) is 33.4 Å². The highest BCUT2D eigenvalue weighted by Crippen LogP contribution is 2.17. The molecular weight excluding hydrogens is 388 g/mol. The highest BCUT2D eigenvalue weighted by atomic mass is 16.5. The first kappa shape index (κ1) is 21.3. The smallest absolute Gasteiger partial charge is 0.255 e. The van der Waals surface area contributed by atoms with Gasteiger partial charge in [-0.25, -0.2) is 4.68 Å². The predicted molar refractivity (Wildman–Crippen MR) is 121 cm³/mol. The fraction of sp³-hybridized carbons (Fsp3) is 0.360. The Labute approximate surface area is 183 Å². The molecule has 0 spiro atoms. The molecule has 2 aromatic carbocycles. The van der Waals surface area contributed by atoms with E-state index in [1.54, 1.807) is 6.20 Å². The second-order valence-electron chi connectivity index (χ2n) is 7.99. The molecular formula is C25H30N4O2. The molecule has 0 atom stereocenters. The summed E-state index contributed by atoms with van der Waals surface area (Å²) in [6.45, 7) is 9.12. The number of hydrogen-bond acceptors (Lipinski definition) is 4. The van der Waals surface area contributed by atoms with Crippen LogP contribution >= 0.6 is 0 Å². The molecule has 6 nitrogen and oxygen atoms in total. The fourth-order valence-corrected chi connectivity index (χ4v) is 3.87. The highest BCUT2D eigenvalue weighted by Gasteiger charge is 2.17. The minimum absolute atomic E-state index is 0.0902. The van der Waals surface area contributed by atoms with Gasteiger partial charge in [-0.15, -0.1) is 0 Å². The summed E-state index contributed by atoms with van der Waals surface area (Å²) in [5.41, 5.74) is 6.09. The first-order valence-electron chi connectivity index (χ1n) is 10.9. The summed E-state index contributed by atoms with van der Waals surface area (Å²) >= 11 is 0. The number of aromatic nitrogens is 2. The first-order valence-corrected chi connectivity index (χ1v) is 10.9. The SMILES string of the molecule is CCc1c(C(=O)NCc2ccc(CN3CCOCC3)cc2)cnn1-c1ccc(C)cc1. The number of hydrogen-bond donors (Lipinski definition) is 1. The van der Waals surface area contributed by atoms with Crippen molar-refractivity contribution < 1.29 is 9.53 Å². The molecule has 0 unspecified atom stereocenters. The zero-order chi connectivity index (χ0) is 21.6.